The fourth-order valence-corrected chi connectivity index (χ4v) is 1.87. The molecule has 7 heteroatoms. The van der Waals surface area contributed by atoms with E-state index in [1.165, 1.54) is 0 Å². The van der Waals surface area contributed by atoms with Gasteiger partial charge >= 0.3 is 5.97 Å². The minimum absolute atomic E-state index is 0.0787. The molecule has 0 atom stereocenters. The first-order valence-corrected chi connectivity index (χ1v) is 6.59. The van der Waals surface area contributed by atoms with E-state index < -0.39 is 11.9 Å². The van der Waals surface area contributed by atoms with Crippen LogP contribution in [0.2, 0.25) is 0 Å². The number of amides is 2. The number of benzene rings is 1. The van der Waals surface area contributed by atoms with Crippen LogP contribution in [0.1, 0.15) is 5.56 Å². The van der Waals surface area contributed by atoms with Gasteiger partial charge in [0.1, 0.15) is 0 Å². The molecule has 0 fully saturated rings. The Hall–Kier alpha value is -2.02. The van der Waals surface area contributed by atoms with Crippen LogP contribution in [-0.2, 0) is 20.8 Å². The lowest BCUT2D eigenvalue weighted by Gasteiger charge is -2.05. The van der Waals surface area contributed by atoms with E-state index in [4.69, 9.17) is 10.8 Å². The lowest BCUT2D eigenvalue weighted by molar-refractivity contribution is -0.133. The van der Waals surface area contributed by atoms with Gasteiger partial charge in [0.25, 0.3) is 0 Å². The summed E-state index contributed by atoms with van der Waals surface area (Å²) in [5.74, 6) is -1.66. The van der Waals surface area contributed by atoms with Crippen LogP contribution in [0, 0.1) is 0 Å². The van der Waals surface area contributed by atoms with Gasteiger partial charge in [-0.05, 0) is 17.7 Å². The number of thioether (sulfide) groups is 1. The van der Waals surface area contributed by atoms with Crippen LogP contribution in [0.15, 0.2) is 24.3 Å². The van der Waals surface area contributed by atoms with Crippen molar-refractivity contribution in [3.8, 4) is 0 Å². The zero-order chi connectivity index (χ0) is 14.3. The minimum atomic E-state index is -0.950. The number of carboxylic acid groups (broad SMARTS) is 1. The number of nitrogens with one attached hydrogen (secondary N) is 1. The number of rotatable bonds is 7. The van der Waals surface area contributed by atoms with Crippen molar-refractivity contribution in [2.24, 2.45) is 5.73 Å². The molecule has 0 heterocycles. The highest BCUT2D eigenvalue weighted by molar-refractivity contribution is 8.00. The van der Waals surface area contributed by atoms with Crippen LogP contribution in [0.3, 0.4) is 0 Å². The summed E-state index contributed by atoms with van der Waals surface area (Å²) in [6, 6.07) is 6.73. The summed E-state index contributed by atoms with van der Waals surface area (Å²) in [4.78, 5) is 32.4. The minimum Gasteiger partial charge on any atom is -0.481 e. The molecule has 1 rings (SSSR count). The van der Waals surface area contributed by atoms with Gasteiger partial charge in [-0.15, -0.1) is 11.8 Å². The monoisotopic (exact) mass is 282 g/mol. The van der Waals surface area contributed by atoms with E-state index in [1.54, 1.807) is 24.3 Å². The summed E-state index contributed by atoms with van der Waals surface area (Å²) >= 11 is 1.03. The predicted molar refractivity (Wildman–Crippen MR) is 72.9 cm³/mol. The summed E-state index contributed by atoms with van der Waals surface area (Å²) in [5, 5.41) is 11.1. The molecule has 1 aromatic rings. The van der Waals surface area contributed by atoms with E-state index in [2.05, 4.69) is 5.32 Å². The summed E-state index contributed by atoms with van der Waals surface area (Å²) in [7, 11) is 0. The molecule has 0 aromatic heterocycles. The van der Waals surface area contributed by atoms with E-state index in [9.17, 15) is 14.4 Å². The van der Waals surface area contributed by atoms with Gasteiger partial charge in [0.2, 0.25) is 11.8 Å². The molecule has 0 bridgehead atoms. The van der Waals surface area contributed by atoms with Crippen molar-refractivity contribution in [2.45, 2.75) is 6.42 Å². The number of hydrogen-bond acceptors (Lipinski definition) is 4. The van der Waals surface area contributed by atoms with Gasteiger partial charge in [-0.25, -0.2) is 0 Å². The number of carbonyl (C=O) groups excluding carboxylic acids is 2. The average molecular weight is 282 g/mol. The zero-order valence-electron chi connectivity index (χ0n) is 10.1. The quantitative estimate of drug-likeness (QED) is 0.673. The summed E-state index contributed by atoms with van der Waals surface area (Å²) in [5.41, 5.74) is 6.42. The second kappa shape index (κ2) is 7.42. The third-order valence-electron chi connectivity index (χ3n) is 2.07. The Bertz CT molecular complexity index is 473. The molecule has 0 saturated carbocycles. The number of aliphatic carboxylic acids is 1. The van der Waals surface area contributed by atoms with Crippen LogP contribution >= 0.6 is 11.8 Å². The maximum Gasteiger partial charge on any atom is 0.313 e. The van der Waals surface area contributed by atoms with E-state index >= 15 is 0 Å². The smallest absolute Gasteiger partial charge is 0.313 e. The zero-order valence-corrected chi connectivity index (χ0v) is 10.9. The molecule has 0 aliphatic heterocycles. The predicted octanol–water partition coefficient (Wildman–Crippen LogP) is 0.471. The maximum atomic E-state index is 11.5. The van der Waals surface area contributed by atoms with Gasteiger partial charge < -0.3 is 16.2 Å². The Kier molecular flexibility index (Phi) is 5.87. The normalized spacial score (nSPS) is 9.89. The van der Waals surface area contributed by atoms with Gasteiger partial charge in [-0.1, -0.05) is 12.1 Å². The number of primary amides is 1. The van der Waals surface area contributed by atoms with Crippen molar-refractivity contribution in [3.05, 3.63) is 29.8 Å². The standard InChI is InChI=1S/C12H14N2O4S/c13-10(15)5-8-1-3-9(4-2-8)14-11(16)6-19-7-12(17)18/h1-4H,5-7H2,(H2,13,15)(H,14,16)(H,17,18). The molecule has 19 heavy (non-hydrogen) atoms. The van der Waals surface area contributed by atoms with Gasteiger partial charge in [0.05, 0.1) is 17.9 Å². The summed E-state index contributed by atoms with van der Waals surface area (Å²) in [6.45, 7) is 0. The van der Waals surface area contributed by atoms with E-state index in [0.29, 0.717) is 5.69 Å². The Balaban J connectivity index is 2.42. The van der Waals surface area contributed by atoms with Crippen molar-refractivity contribution < 1.29 is 19.5 Å². The highest BCUT2D eigenvalue weighted by atomic mass is 32.2. The maximum absolute atomic E-state index is 11.5. The molecule has 0 aliphatic carbocycles. The molecule has 102 valence electrons. The lowest BCUT2D eigenvalue weighted by Crippen LogP contribution is -2.16. The Morgan fingerprint density at radius 2 is 1.79 bits per heavy atom. The summed E-state index contributed by atoms with van der Waals surface area (Å²) < 4.78 is 0. The molecule has 0 spiro atoms. The van der Waals surface area contributed by atoms with Gasteiger partial charge in [0.15, 0.2) is 0 Å². The number of anilines is 1. The Morgan fingerprint density at radius 1 is 1.16 bits per heavy atom. The van der Waals surface area contributed by atoms with Crippen LogP contribution in [-0.4, -0.2) is 34.4 Å². The van der Waals surface area contributed by atoms with Crippen LogP contribution in [0.4, 0.5) is 5.69 Å². The Morgan fingerprint density at radius 3 is 2.32 bits per heavy atom. The van der Waals surface area contributed by atoms with Crippen molar-refractivity contribution >= 4 is 35.2 Å². The fraction of sp³-hybridized carbons (Fsp3) is 0.250. The molecular formula is C12H14N2O4S. The van der Waals surface area contributed by atoms with Crippen LogP contribution in [0.25, 0.3) is 0 Å². The Labute approximate surface area is 114 Å². The lowest BCUT2D eigenvalue weighted by atomic mass is 10.1. The molecule has 0 unspecified atom stereocenters. The van der Waals surface area contributed by atoms with Crippen molar-refractivity contribution in [3.63, 3.8) is 0 Å². The summed E-state index contributed by atoms with van der Waals surface area (Å²) in [6.07, 6.45) is 0.155. The average Bonchev–Trinajstić information content (AvgIpc) is 2.30. The first kappa shape index (κ1) is 15.0. The number of carboxylic acids is 1. The van der Waals surface area contributed by atoms with E-state index in [0.717, 1.165) is 17.3 Å². The van der Waals surface area contributed by atoms with Crippen molar-refractivity contribution in [2.75, 3.05) is 16.8 Å². The fourth-order valence-electron chi connectivity index (χ4n) is 1.34. The molecule has 1 aromatic carbocycles. The van der Waals surface area contributed by atoms with Gasteiger partial charge in [0, 0.05) is 5.69 Å². The number of nitrogens with two attached hydrogens (primary N) is 1. The number of carbonyl (C=O) groups is 3. The first-order chi connectivity index (χ1) is 8.97. The topological polar surface area (TPSA) is 109 Å². The van der Waals surface area contributed by atoms with Crippen molar-refractivity contribution in [1.29, 1.82) is 0 Å². The molecule has 0 saturated heterocycles. The largest absolute Gasteiger partial charge is 0.481 e. The van der Waals surface area contributed by atoms with Crippen LogP contribution < -0.4 is 11.1 Å². The number of hydrogen-bond donors (Lipinski definition) is 3. The molecule has 4 N–H and O–H groups in total. The second-order valence-corrected chi connectivity index (χ2v) is 4.76. The highest BCUT2D eigenvalue weighted by Crippen LogP contribution is 2.11. The molecule has 6 nitrogen and oxygen atoms in total. The first-order valence-electron chi connectivity index (χ1n) is 5.44. The van der Waals surface area contributed by atoms with Crippen molar-refractivity contribution in [1.82, 2.24) is 0 Å². The van der Waals surface area contributed by atoms with Gasteiger partial charge in [-0.3, -0.25) is 14.4 Å². The molecule has 0 radical (unpaired) electrons. The SMILES string of the molecule is NC(=O)Cc1ccc(NC(=O)CSCC(=O)O)cc1. The molecular weight excluding hydrogens is 268 g/mol. The molecule has 0 aliphatic rings. The van der Waals surface area contributed by atoms with E-state index in [-0.39, 0.29) is 23.8 Å². The van der Waals surface area contributed by atoms with E-state index in [1.807, 2.05) is 0 Å². The van der Waals surface area contributed by atoms with Gasteiger partial charge in [-0.2, -0.15) is 0 Å². The second-order valence-electron chi connectivity index (χ2n) is 3.77. The third kappa shape index (κ3) is 6.46. The third-order valence-corrected chi connectivity index (χ3v) is 2.99. The molecule has 2 amide bonds. The van der Waals surface area contributed by atoms with Crippen LogP contribution in [0.5, 0.6) is 0 Å². The highest BCUT2D eigenvalue weighted by Gasteiger charge is 2.05.